The van der Waals surface area contributed by atoms with Gasteiger partial charge in [0.05, 0.1) is 12.4 Å². The van der Waals surface area contributed by atoms with Gasteiger partial charge in [0.15, 0.2) is 0 Å². The van der Waals surface area contributed by atoms with Gasteiger partial charge in [-0.1, -0.05) is 46.8 Å². The first-order chi connectivity index (χ1) is 9.04. The molecule has 112 valence electrons. The predicted octanol–water partition coefficient (Wildman–Crippen LogP) is 4.02. The number of ether oxygens (including phenoxy) is 1. The Hall–Kier alpha value is -1.51. The third-order valence-corrected chi connectivity index (χ3v) is 3.66. The van der Waals surface area contributed by atoms with Gasteiger partial charge in [-0.2, -0.15) is 0 Å². The van der Waals surface area contributed by atoms with Crippen LogP contribution in [0.5, 0.6) is 5.75 Å². The van der Waals surface area contributed by atoms with Crippen molar-refractivity contribution in [3.8, 4) is 5.75 Å². The molecule has 0 radical (unpaired) electrons. The maximum absolute atomic E-state index is 7.58. The molecule has 1 aromatic rings. The van der Waals surface area contributed by atoms with E-state index in [1.165, 1.54) is 11.1 Å². The Labute approximate surface area is 123 Å². The first-order valence-electron chi connectivity index (χ1n) is 7.12. The normalized spacial score (nSPS) is 12.3. The zero-order chi connectivity index (χ0) is 15.6. The van der Waals surface area contributed by atoms with Crippen LogP contribution in [0.25, 0.3) is 0 Å². The number of hydrogen-bond acceptors (Lipinski definition) is 2. The number of amidine groups is 1. The molecule has 0 aliphatic carbocycles. The lowest BCUT2D eigenvalue weighted by Gasteiger charge is -2.26. The van der Waals surface area contributed by atoms with Crippen molar-refractivity contribution in [3.63, 3.8) is 0 Å². The molecule has 0 saturated heterocycles. The minimum absolute atomic E-state index is 0.0547. The van der Waals surface area contributed by atoms with Crippen LogP contribution in [0.4, 0.5) is 0 Å². The van der Waals surface area contributed by atoms with Gasteiger partial charge in [0, 0.05) is 5.41 Å². The van der Waals surface area contributed by atoms with Crippen LogP contribution in [-0.4, -0.2) is 12.4 Å². The van der Waals surface area contributed by atoms with Crippen LogP contribution in [-0.2, 0) is 5.41 Å². The quantitative estimate of drug-likeness (QED) is 0.630. The van der Waals surface area contributed by atoms with Crippen molar-refractivity contribution < 1.29 is 4.74 Å². The molecular weight excluding hydrogens is 248 g/mol. The van der Waals surface area contributed by atoms with E-state index in [9.17, 15) is 0 Å². The molecule has 0 aliphatic heterocycles. The molecule has 0 heterocycles. The van der Waals surface area contributed by atoms with Crippen molar-refractivity contribution in [1.29, 1.82) is 5.41 Å². The Morgan fingerprint density at radius 3 is 2.30 bits per heavy atom. The molecule has 3 heteroatoms. The van der Waals surface area contributed by atoms with E-state index >= 15 is 0 Å². The van der Waals surface area contributed by atoms with E-state index in [1.807, 2.05) is 13.8 Å². The molecule has 0 aromatic heterocycles. The summed E-state index contributed by atoms with van der Waals surface area (Å²) < 4.78 is 5.98. The highest BCUT2D eigenvalue weighted by molar-refractivity contribution is 5.82. The first-order valence-corrected chi connectivity index (χ1v) is 7.12. The van der Waals surface area contributed by atoms with Crippen molar-refractivity contribution in [1.82, 2.24) is 0 Å². The van der Waals surface area contributed by atoms with Crippen molar-refractivity contribution in [2.24, 2.45) is 11.1 Å². The largest absolute Gasteiger partial charge is 0.493 e. The van der Waals surface area contributed by atoms with Gasteiger partial charge in [-0.15, -0.1) is 0 Å². The van der Waals surface area contributed by atoms with E-state index < -0.39 is 0 Å². The van der Waals surface area contributed by atoms with Gasteiger partial charge >= 0.3 is 0 Å². The molecule has 20 heavy (non-hydrogen) atoms. The van der Waals surface area contributed by atoms with E-state index in [1.54, 1.807) is 0 Å². The molecule has 0 spiro atoms. The summed E-state index contributed by atoms with van der Waals surface area (Å²) in [5.74, 6) is 1.15. The summed E-state index contributed by atoms with van der Waals surface area (Å²) in [6, 6.07) is 6.34. The number of nitrogens with one attached hydrogen (secondary N) is 1. The fourth-order valence-corrected chi connectivity index (χ4v) is 1.92. The summed E-state index contributed by atoms with van der Waals surface area (Å²) in [7, 11) is 0. The number of aryl methyl sites for hydroxylation is 1. The minimum atomic E-state index is -0.314. The minimum Gasteiger partial charge on any atom is -0.493 e. The number of nitrogens with two attached hydrogens (primary N) is 1. The Morgan fingerprint density at radius 1 is 1.20 bits per heavy atom. The molecule has 0 atom stereocenters. The lowest BCUT2D eigenvalue weighted by atomic mass is 9.85. The topological polar surface area (TPSA) is 59.1 Å². The highest BCUT2D eigenvalue weighted by atomic mass is 16.5. The standard InChI is InChI=1S/C17H28N2O/c1-12-7-8-13(16(2,3)4)14(11-12)20-10-9-17(5,6)15(18)19/h7-8,11H,9-10H2,1-6H3,(H3,18,19). The van der Waals surface area contributed by atoms with Gasteiger partial charge in [-0.25, -0.2) is 0 Å². The summed E-state index contributed by atoms with van der Waals surface area (Å²) in [6.07, 6.45) is 0.736. The van der Waals surface area contributed by atoms with Gasteiger partial charge in [-0.05, 0) is 36.0 Å². The second-order valence-electron chi connectivity index (χ2n) is 7.15. The number of benzene rings is 1. The van der Waals surface area contributed by atoms with Gasteiger partial charge in [-0.3, -0.25) is 5.41 Å². The predicted molar refractivity (Wildman–Crippen MR) is 85.7 cm³/mol. The Kier molecular flexibility index (Phi) is 4.85. The number of hydrogen-bond donors (Lipinski definition) is 2. The molecule has 0 bridgehead atoms. The summed E-state index contributed by atoms with van der Waals surface area (Å²) in [4.78, 5) is 0. The first kappa shape index (κ1) is 16.5. The van der Waals surface area contributed by atoms with Gasteiger partial charge in [0.1, 0.15) is 5.75 Å². The van der Waals surface area contributed by atoms with E-state index in [4.69, 9.17) is 15.9 Å². The second-order valence-corrected chi connectivity index (χ2v) is 7.15. The fraction of sp³-hybridized carbons (Fsp3) is 0.588. The van der Waals surface area contributed by atoms with E-state index in [2.05, 4.69) is 45.9 Å². The molecule has 3 nitrogen and oxygen atoms in total. The fourth-order valence-electron chi connectivity index (χ4n) is 1.92. The zero-order valence-corrected chi connectivity index (χ0v) is 13.6. The van der Waals surface area contributed by atoms with Gasteiger partial charge in [0.25, 0.3) is 0 Å². The summed E-state index contributed by atoms with van der Waals surface area (Å²) in [5, 5.41) is 7.58. The summed E-state index contributed by atoms with van der Waals surface area (Å²) in [6.45, 7) is 13.1. The Bertz CT molecular complexity index is 484. The Morgan fingerprint density at radius 2 is 1.80 bits per heavy atom. The van der Waals surface area contributed by atoms with E-state index in [0.29, 0.717) is 6.61 Å². The maximum Gasteiger partial charge on any atom is 0.123 e. The third kappa shape index (κ3) is 4.26. The molecule has 1 rings (SSSR count). The molecule has 1 aromatic carbocycles. The highest BCUT2D eigenvalue weighted by Crippen LogP contribution is 2.32. The highest BCUT2D eigenvalue weighted by Gasteiger charge is 2.23. The third-order valence-electron chi connectivity index (χ3n) is 3.66. The Balaban J connectivity index is 2.83. The SMILES string of the molecule is Cc1ccc(C(C)(C)C)c(OCCC(C)(C)C(=N)N)c1. The van der Waals surface area contributed by atoms with Gasteiger partial charge < -0.3 is 10.5 Å². The molecule has 0 saturated carbocycles. The van der Waals surface area contributed by atoms with Crippen LogP contribution in [0.3, 0.4) is 0 Å². The summed E-state index contributed by atoms with van der Waals surface area (Å²) in [5.41, 5.74) is 7.75. The monoisotopic (exact) mass is 276 g/mol. The molecule has 0 unspecified atom stereocenters. The smallest absolute Gasteiger partial charge is 0.123 e. The molecular formula is C17H28N2O. The van der Waals surface area contributed by atoms with Crippen LogP contribution in [0.1, 0.15) is 52.2 Å². The molecule has 0 fully saturated rings. The lowest BCUT2D eigenvalue weighted by molar-refractivity contribution is 0.263. The average molecular weight is 276 g/mol. The van der Waals surface area contributed by atoms with Crippen molar-refractivity contribution >= 4 is 5.84 Å². The molecule has 0 aliphatic rings. The molecule has 0 amide bonds. The van der Waals surface area contributed by atoms with Crippen LogP contribution < -0.4 is 10.5 Å². The number of rotatable bonds is 5. The van der Waals surface area contributed by atoms with Crippen LogP contribution in [0.2, 0.25) is 0 Å². The molecule has 3 N–H and O–H groups in total. The van der Waals surface area contributed by atoms with E-state index in [0.717, 1.165) is 12.2 Å². The van der Waals surface area contributed by atoms with Crippen LogP contribution in [0.15, 0.2) is 18.2 Å². The zero-order valence-electron chi connectivity index (χ0n) is 13.6. The average Bonchev–Trinajstić information content (AvgIpc) is 2.26. The second kappa shape index (κ2) is 5.86. The maximum atomic E-state index is 7.58. The van der Waals surface area contributed by atoms with Crippen molar-refractivity contribution in [2.45, 2.75) is 53.4 Å². The van der Waals surface area contributed by atoms with Crippen molar-refractivity contribution in [2.75, 3.05) is 6.61 Å². The van der Waals surface area contributed by atoms with Crippen molar-refractivity contribution in [3.05, 3.63) is 29.3 Å². The van der Waals surface area contributed by atoms with Gasteiger partial charge in [0.2, 0.25) is 0 Å². The van der Waals surface area contributed by atoms with Crippen LogP contribution >= 0.6 is 0 Å². The van der Waals surface area contributed by atoms with E-state index in [-0.39, 0.29) is 16.7 Å². The lowest BCUT2D eigenvalue weighted by Crippen LogP contribution is -2.32. The van der Waals surface area contributed by atoms with Crippen LogP contribution in [0, 0.1) is 17.7 Å². The summed E-state index contributed by atoms with van der Waals surface area (Å²) >= 11 is 0.